The predicted octanol–water partition coefficient (Wildman–Crippen LogP) is 1.86. The Morgan fingerprint density at radius 1 is 1.00 bits per heavy atom. The van der Waals surface area contributed by atoms with Crippen molar-refractivity contribution in [3.63, 3.8) is 0 Å². The molecule has 0 saturated heterocycles. The first-order valence-corrected chi connectivity index (χ1v) is 6.39. The summed E-state index contributed by atoms with van der Waals surface area (Å²) < 4.78 is 0. The topological polar surface area (TPSA) is 86.2 Å². The van der Waals surface area contributed by atoms with E-state index in [-0.39, 0.29) is 0 Å². The van der Waals surface area contributed by atoms with Gasteiger partial charge >= 0.3 is 0 Å². The van der Waals surface area contributed by atoms with Crippen LogP contribution in [-0.4, -0.2) is 11.9 Å². The monoisotopic (exact) mass is 272 g/mol. The average molecular weight is 272 g/mol. The van der Waals surface area contributed by atoms with Crippen LogP contribution in [0, 0.1) is 13.8 Å². The van der Waals surface area contributed by atoms with Crippen LogP contribution in [0.3, 0.4) is 0 Å². The maximum atomic E-state index is 10.8. The SMILES string of the molecule is CC(=C=O)C(N)c1ccc(C)c(C)c1C(N)C(C)=C=O. The first kappa shape index (κ1) is 16.1. The number of hydrogen-bond acceptors (Lipinski definition) is 4. The number of carbonyl (C=O) groups excluding carboxylic acids is 2. The van der Waals surface area contributed by atoms with Gasteiger partial charge < -0.3 is 11.5 Å². The first-order chi connectivity index (χ1) is 9.34. The zero-order valence-corrected chi connectivity index (χ0v) is 12.3. The fraction of sp³-hybridized carbons (Fsp3) is 0.375. The molecule has 0 aliphatic carbocycles. The van der Waals surface area contributed by atoms with Gasteiger partial charge in [-0.25, -0.2) is 9.59 Å². The highest BCUT2D eigenvalue weighted by Gasteiger charge is 2.22. The Morgan fingerprint density at radius 3 is 2.00 bits per heavy atom. The maximum absolute atomic E-state index is 10.8. The smallest absolute Gasteiger partial charge is 0.125 e. The van der Waals surface area contributed by atoms with Crippen LogP contribution in [0.5, 0.6) is 0 Å². The van der Waals surface area contributed by atoms with Crippen molar-refractivity contribution in [2.75, 3.05) is 0 Å². The van der Waals surface area contributed by atoms with Crippen molar-refractivity contribution in [3.8, 4) is 0 Å². The van der Waals surface area contributed by atoms with Gasteiger partial charge in [0.05, 0.1) is 12.1 Å². The minimum absolute atomic E-state index is 0.398. The summed E-state index contributed by atoms with van der Waals surface area (Å²) in [6.07, 6.45) is 0. The van der Waals surface area contributed by atoms with E-state index in [9.17, 15) is 9.59 Å². The number of rotatable bonds is 4. The minimum Gasteiger partial charge on any atom is -0.320 e. The molecule has 0 saturated carbocycles. The molecule has 20 heavy (non-hydrogen) atoms. The average Bonchev–Trinajstić information content (AvgIpc) is 2.46. The molecule has 2 atom stereocenters. The van der Waals surface area contributed by atoms with Gasteiger partial charge in [-0.1, -0.05) is 12.1 Å². The highest BCUT2D eigenvalue weighted by Crippen LogP contribution is 2.31. The highest BCUT2D eigenvalue weighted by atomic mass is 16.1. The molecule has 1 aromatic rings. The summed E-state index contributed by atoms with van der Waals surface area (Å²) in [4.78, 5) is 21.6. The Balaban J connectivity index is 3.58. The standard InChI is InChI=1S/C16H20N2O2/c1-9-5-6-13(15(17)10(2)7-19)14(12(9)4)16(18)11(3)8-20/h5-6,15-16H,17-18H2,1-4H3. The molecule has 0 aromatic heterocycles. The van der Waals surface area contributed by atoms with E-state index in [0.29, 0.717) is 11.1 Å². The Labute approximate surface area is 119 Å². The van der Waals surface area contributed by atoms with Gasteiger partial charge in [0, 0.05) is 11.1 Å². The van der Waals surface area contributed by atoms with E-state index < -0.39 is 12.1 Å². The summed E-state index contributed by atoms with van der Waals surface area (Å²) in [5.41, 5.74) is 16.6. The number of hydrogen-bond donors (Lipinski definition) is 2. The van der Waals surface area contributed by atoms with E-state index in [2.05, 4.69) is 0 Å². The van der Waals surface area contributed by atoms with Gasteiger partial charge in [-0.3, -0.25) is 0 Å². The van der Waals surface area contributed by atoms with Crippen LogP contribution in [0.4, 0.5) is 0 Å². The fourth-order valence-corrected chi connectivity index (χ4v) is 2.12. The van der Waals surface area contributed by atoms with E-state index in [0.717, 1.165) is 22.3 Å². The summed E-state index contributed by atoms with van der Waals surface area (Å²) in [6, 6.07) is 2.63. The van der Waals surface area contributed by atoms with Crippen molar-refractivity contribution in [2.45, 2.75) is 39.8 Å². The highest BCUT2D eigenvalue weighted by molar-refractivity contribution is 5.60. The van der Waals surface area contributed by atoms with Gasteiger partial charge in [0.2, 0.25) is 0 Å². The van der Waals surface area contributed by atoms with Crippen LogP contribution in [0.1, 0.15) is 48.2 Å². The molecule has 0 fully saturated rings. The van der Waals surface area contributed by atoms with E-state index in [4.69, 9.17) is 11.5 Å². The molecule has 4 nitrogen and oxygen atoms in total. The van der Waals surface area contributed by atoms with Crippen LogP contribution in [0.2, 0.25) is 0 Å². The normalized spacial score (nSPS) is 13.1. The molecule has 1 rings (SSSR count). The zero-order valence-electron chi connectivity index (χ0n) is 12.3. The zero-order chi connectivity index (χ0) is 15.4. The molecular formula is C16H20N2O2. The van der Waals surface area contributed by atoms with Crippen LogP contribution in [0.15, 0.2) is 23.3 Å². The van der Waals surface area contributed by atoms with Crippen molar-refractivity contribution in [1.82, 2.24) is 0 Å². The van der Waals surface area contributed by atoms with Crippen LogP contribution >= 0.6 is 0 Å². The largest absolute Gasteiger partial charge is 0.320 e. The Kier molecular flexibility index (Phi) is 5.20. The molecule has 4 heteroatoms. The summed E-state index contributed by atoms with van der Waals surface area (Å²) in [5, 5.41) is 0. The summed E-state index contributed by atoms with van der Waals surface area (Å²) in [6.45, 7) is 7.16. The molecule has 0 spiro atoms. The van der Waals surface area contributed by atoms with E-state index in [1.165, 1.54) is 0 Å². The first-order valence-electron chi connectivity index (χ1n) is 6.39. The van der Waals surface area contributed by atoms with Crippen molar-refractivity contribution < 1.29 is 9.59 Å². The molecule has 0 bridgehead atoms. The molecule has 0 radical (unpaired) electrons. The Morgan fingerprint density at radius 2 is 1.50 bits per heavy atom. The minimum atomic E-state index is -0.577. The van der Waals surface area contributed by atoms with Gasteiger partial charge in [-0.15, -0.1) is 0 Å². The van der Waals surface area contributed by atoms with Gasteiger partial charge in [-0.05, 0) is 49.9 Å². The number of aryl methyl sites for hydroxylation is 1. The molecule has 4 N–H and O–H groups in total. The van der Waals surface area contributed by atoms with Crippen molar-refractivity contribution in [3.05, 3.63) is 45.5 Å². The second kappa shape index (κ2) is 6.47. The Bertz CT molecular complexity index is 622. The Hall–Kier alpha value is -1.96. The lowest BCUT2D eigenvalue weighted by Gasteiger charge is -2.23. The third-order valence-corrected chi connectivity index (χ3v) is 3.72. The van der Waals surface area contributed by atoms with Gasteiger partial charge in [0.15, 0.2) is 0 Å². The molecule has 0 aliphatic heterocycles. The lowest BCUT2D eigenvalue weighted by Crippen LogP contribution is -2.21. The third kappa shape index (κ3) is 2.96. The molecule has 0 heterocycles. The molecule has 2 unspecified atom stereocenters. The summed E-state index contributed by atoms with van der Waals surface area (Å²) in [5.74, 6) is 3.66. The van der Waals surface area contributed by atoms with Crippen LogP contribution in [-0.2, 0) is 9.59 Å². The second-order valence-corrected chi connectivity index (χ2v) is 5.04. The van der Waals surface area contributed by atoms with Crippen LogP contribution < -0.4 is 11.5 Å². The molecule has 0 aliphatic rings. The number of nitrogens with two attached hydrogens (primary N) is 2. The molecule has 1 aromatic carbocycles. The quantitative estimate of drug-likeness (QED) is 0.819. The molecular weight excluding hydrogens is 252 g/mol. The lowest BCUT2D eigenvalue weighted by atomic mass is 9.85. The van der Waals surface area contributed by atoms with Gasteiger partial charge in [-0.2, -0.15) is 0 Å². The van der Waals surface area contributed by atoms with E-state index in [1.54, 1.807) is 13.8 Å². The third-order valence-electron chi connectivity index (χ3n) is 3.72. The maximum Gasteiger partial charge on any atom is 0.125 e. The molecule has 0 amide bonds. The lowest BCUT2D eigenvalue weighted by molar-refractivity contribution is 0.563. The van der Waals surface area contributed by atoms with Crippen molar-refractivity contribution in [2.24, 2.45) is 11.5 Å². The fourth-order valence-electron chi connectivity index (χ4n) is 2.12. The van der Waals surface area contributed by atoms with Gasteiger partial charge in [0.1, 0.15) is 11.9 Å². The predicted molar refractivity (Wildman–Crippen MR) is 79.5 cm³/mol. The van der Waals surface area contributed by atoms with E-state index in [1.807, 2.05) is 37.9 Å². The molecule has 106 valence electrons. The van der Waals surface area contributed by atoms with Gasteiger partial charge in [0.25, 0.3) is 0 Å². The van der Waals surface area contributed by atoms with Crippen molar-refractivity contribution >= 4 is 11.9 Å². The van der Waals surface area contributed by atoms with Crippen molar-refractivity contribution in [1.29, 1.82) is 0 Å². The van der Waals surface area contributed by atoms with E-state index >= 15 is 0 Å². The summed E-state index contributed by atoms with van der Waals surface area (Å²) in [7, 11) is 0. The van der Waals surface area contributed by atoms with Crippen LogP contribution in [0.25, 0.3) is 0 Å². The number of benzene rings is 1. The second-order valence-electron chi connectivity index (χ2n) is 5.04. The summed E-state index contributed by atoms with van der Waals surface area (Å²) >= 11 is 0.